The van der Waals surface area contributed by atoms with Gasteiger partial charge >= 0.3 is 0 Å². The number of carbonyl (C=O) groups is 1. The second-order valence-electron chi connectivity index (χ2n) is 5.89. The Kier molecular flexibility index (Phi) is 8.79. The number of halogens is 1. The Morgan fingerprint density at radius 3 is 2.31 bits per heavy atom. The lowest BCUT2D eigenvalue weighted by Gasteiger charge is -2.14. The number of ether oxygens (including phenoxy) is 2. The van der Waals surface area contributed by atoms with Gasteiger partial charge in [0.05, 0.1) is 13.2 Å². The maximum Gasteiger partial charge on any atom is 0.255 e. The average Bonchev–Trinajstić information content (AvgIpc) is 2.61. The van der Waals surface area contributed by atoms with E-state index in [1.807, 2.05) is 32.9 Å². The lowest BCUT2D eigenvalue weighted by atomic mass is 10.1. The summed E-state index contributed by atoms with van der Waals surface area (Å²) < 4.78 is 11.4. The summed E-state index contributed by atoms with van der Waals surface area (Å²) in [7, 11) is 0. The van der Waals surface area contributed by atoms with Gasteiger partial charge in [-0.1, -0.05) is 19.9 Å². The summed E-state index contributed by atoms with van der Waals surface area (Å²) in [6, 6.07) is 10.7. The minimum absolute atomic E-state index is 0. The van der Waals surface area contributed by atoms with Crippen molar-refractivity contribution in [2.24, 2.45) is 0 Å². The number of hydrogen-bond donors (Lipinski definition) is 2. The van der Waals surface area contributed by atoms with Crippen molar-refractivity contribution >= 4 is 29.7 Å². The van der Waals surface area contributed by atoms with Crippen molar-refractivity contribution in [3.8, 4) is 11.5 Å². The highest BCUT2D eigenvalue weighted by Crippen LogP contribution is 2.29. The quantitative estimate of drug-likeness (QED) is 0.645. The van der Waals surface area contributed by atoms with Crippen LogP contribution in [0, 0.1) is 6.92 Å². The highest BCUT2D eigenvalue weighted by Gasteiger charge is 2.13. The highest BCUT2D eigenvalue weighted by molar-refractivity contribution is 6.05. The fraction of sp³-hybridized carbons (Fsp3) is 0.350. The number of aryl methyl sites for hydroxylation is 1. The van der Waals surface area contributed by atoms with Gasteiger partial charge in [-0.3, -0.25) is 4.79 Å². The Morgan fingerprint density at radius 2 is 1.65 bits per heavy atom. The molecule has 2 rings (SSSR count). The third kappa shape index (κ3) is 5.85. The molecule has 0 aliphatic carbocycles. The van der Waals surface area contributed by atoms with Gasteiger partial charge in [0.1, 0.15) is 0 Å². The van der Waals surface area contributed by atoms with Crippen molar-refractivity contribution in [1.82, 2.24) is 0 Å². The first-order valence-corrected chi connectivity index (χ1v) is 8.62. The van der Waals surface area contributed by atoms with E-state index in [1.54, 1.807) is 24.3 Å². The van der Waals surface area contributed by atoms with Gasteiger partial charge in [0.15, 0.2) is 11.5 Å². The van der Waals surface area contributed by atoms with E-state index in [-0.39, 0.29) is 18.3 Å². The van der Waals surface area contributed by atoms with Gasteiger partial charge in [0.2, 0.25) is 0 Å². The Hall–Kier alpha value is -2.40. The normalized spacial score (nSPS) is 9.96. The molecule has 1 amide bonds. The number of hydrogen-bond acceptors (Lipinski definition) is 4. The third-order valence-electron chi connectivity index (χ3n) is 3.64. The summed E-state index contributed by atoms with van der Waals surface area (Å²) in [5, 5.41) is 2.90. The molecule has 0 fully saturated rings. The molecule has 0 saturated carbocycles. The van der Waals surface area contributed by atoms with E-state index in [9.17, 15) is 4.79 Å². The SMILES string of the molecule is CCCOc1ccc(C(=O)Nc2cc(N)ccc2C)cc1OCCC.Cl. The molecular weight excluding hydrogens is 352 g/mol. The zero-order chi connectivity index (χ0) is 18.2. The maximum absolute atomic E-state index is 12.6. The van der Waals surface area contributed by atoms with Gasteiger partial charge in [-0.2, -0.15) is 0 Å². The number of nitrogens with two attached hydrogens (primary N) is 1. The molecule has 2 aromatic carbocycles. The standard InChI is InChI=1S/C20H26N2O3.ClH/c1-4-10-24-18-9-7-15(12-19(18)25-11-5-2)20(23)22-17-13-16(21)8-6-14(17)3;/h6-9,12-13H,4-5,10-11,21H2,1-3H3,(H,22,23);1H. The molecule has 3 N–H and O–H groups in total. The largest absolute Gasteiger partial charge is 0.490 e. The number of carbonyl (C=O) groups excluding carboxylic acids is 1. The molecule has 0 radical (unpaired) electrons. The second-order valence-corrected chi connectivity index (χ2v) is 5.89. The second kappa shape index (κ2) is 10.6. The minimum atomic E-state index is -0.211. The van der Waals surface area contributed by atoms with Crippen LogP contribution >= 0.6 is 12.4 Å². The Bertz CT molecular complexity index is 735. The first kappa shape index (κ1) is 21.6. The van der Waals surface area contributed by atoms with Gasteiger partial charge in [0, 0.05) is 16.9 Å². The predicted octanol–water partition coefficient (Wildman–Crippen LogP) is 4.83. The number of benzene rings is 2. The molecule has 2 aromatic rings. The van der Waals surface area contributed by atoms with Crippen molar-refractivity contribution in [2.45, 2.75) is 33.6 Å². The zero-order valence-electron chi connectivity index (χ0n) is 15.5. The molecule has 0 saturated heterocycles. The summed E-state index contributed by atoms with van der Waals surface area (Å²) in [6.45, 7) is 7.18. The molecule has 0 aromatic heterocycles. The summed E-state index contributed by atoms with van der Waals surface area (Å²) in [4.78, 5) is 12.6. The van der Waals surface area contributed by atoms with Crippen molar-refractivity contribution in [1.29, 1.82) is 0 Å². The minimum Gasteiger partial charge on any atom is -0.490 e. The molecule has 0 heterocycles. The van der Waals surface area contributed by atoms with Gasteiger partial charge in [-0.25, -0.2) is 0 Å². The van der Waals surface area contributed by atoms with Crippen LogP contribution in [-0.4, -0.2) is 19.1 Å². The van der Waals surface area contributed by atoms with E-state index >= 15 is 0 Å². The molecular formula is C20H27ClN2O3. The topological polar surface area (TPSA) is 73.6 Å². The summed E-state index contributed by atoms with van der Waals surface area (Å²) in [5.74, 6) is 1.04. The lowest BCUT2D eigenvalue weighted by Crippen LogP contribution is -2.13. The Morgan fingerprint density at radius 1 is 1.00 bits per heavy atom. The molecule has 6 heteroatoms. The van der Waals surface area contributed by atoms with Crippen LogP contribution < -0.4 is 20.5 Å². The van der Waals surface area contributed by atoms with Crippen LogP contribution in [0.25, 0.3) is 0 Å². The molecule has 26 heavy (non-hydrogen) atoms. The molecule has 142 valence electrons. The average molecular weight is 379 g/mol. The molecule has 0 aliphatic heterocycles. The highest BCUT2D eigenvalue weighted by atomic mass is 35.5. The summed E-state index contributed by atoms with van der Waals surface area (Å²) >= 11 is 0. The van der Waals surface area contributed by atoms with Crippen LogP contribution in [0.3, 0.4) is 0 Å². The number of nitrogens with one attached hydrogen (secondary N) is 1. The van der Waals surface area contributed by atoms with E-state index in [0.29, 0.717) is 41.7 Å². The van der Waals surface area contributed by atoms with Gasteiger partial charge < -0.3 is 20.5 Å². The van der Waals surface area contributed by atoms with Crippen molar-refractivity contribution in [3.63, 3.8) is 0 Å². The number of anilines is 2. The van der Waals surface area contributed by atoms with E-state index in [4.69, 9.17) is 15.2 Å². The lowest BCUT2D eigenvalue weighted by molar-refractivity contribution is 0.102. The maximum atomic E-state index is 12.6. The molecule has 0 aliphatic rings. The Labute approximate surface area is 161 Å². The van der Waals surface area contributed by atoms with Gasteiger partial charge in [0.25, 0.3) is 5.91 Å². The van der Waals surface area contributed by atoms with Crippen LogP contribution in [0.1, 0.15) is 42.6 Å². The van der Waals surface area contributed by atoms with E-state index < -0.39 is 0 Å². The molecule has 0 unspecified atom stereocenters. The van der Waals surface area contributed by atoms with Crippen LogP contribution in [0.2, 0.25) is 0 Å². The zero-order valence-corrected chi connectivity index (χ0v) is 16.3. The van der Waals surface area contributed by atoms with Crippen LogP contribution in [0.15, 0.2) is 36.4 Å². The van der Waals surface area contributed by atoms with Gasteiger partial charge in [-0.15, -0.1) is 12.4 Å². The smallest absolute Gasteiger partial charge is 0.255 e. The third-order valence-corrected chi connectivity index (χ3v) is 3.64. The van der Waals surface area contributed by atoms with Crippen LogP contribution in [-0.2, 0) is 0 Å². The van der Waals surface area contributed by atoms with E-state index in [1.165, 1.54) is 0 Å². The number of rotatable bonds is 8. The number of amides is 1. The fourth-order valence-corrected chi connectivity index (χ4v) is 2.27. The van der Waals surface area contributed by atoms with Crippen molar-refractivity contribution < 1.29 is 14.3 Å². The Balaban J connectivity index is 0.00000338. The predicted molar refractivity (Wildman–Crippen MR) is 109 cm³/mol. The van der Waals surface area contributed by atoms with Gasteiger partial charge in [-0.05, 0) is 55.7 Å². The molecule has 0 bridgehead atoms. The molecule has 0 spiro atoms. The number of nitrogen functional groups attached to an aromatic ring is 1. The van der Waals surface area contributed by atoms with E-state index in [0.717, 1.165) is 18.4 Å². The van der Waals surface area contributed by atoms with E-state index in [2.05, 4.69) is 5.32 Å². The summed E-state index contributed by atoms with van der Waals surface area (Å²) in [6.07, 6.45) is 1.79. The van der Waals surface area contributed by atoms with Crippen LogP contribution in [0.4, 0.5) is 11.4 Å². The molecule has 0 atom stereocenters. The first-order chi connectivity index (χ1) is 12.0. The van der Waals surface area contributed by atoms with Crippen molar-refractivity contribution in [2.75, 3.05) is 24.3 Å². The molecule has 5 nitrogen and oxygen atoms in total. The first-order valence-electron chi connectivity index (χ1n) is 8.62. The van der Waals surface area contributed by atoms with Crippen LogP contribution in [0.5, 0.6) is 11.5 Å². The van der Waals surface area contributed by atoms with Crippen molar-refractivity contribution in [3.05, 3.63) is 47.5 Å². The fourth-order valence-electron chi connectivity index (χ4n) is 2.27. The summed E-state index contributed by atoms with van der Waals surface area (Å²) in [5.41, 5.74) is 8.57. The monoisotopic (exact) mass is 378 g/mol.